The van der Waals surface area contributed by atoms with Gasteiger partial charge in [-0.15, -0.1) is 0 Å². The van der Waals surface area contributed by atoms with Crippen molar-refractivity contribution in [3.05, 3.63) is 47.1 Å². The Bertz CT molecular complexity index is 724. The minimum atomic E-state index is 0.727. The van der Waals surface area contributed by atoms with Gasteiger partial charge in [-0.3, -0.25) is 4.98 Å². The summed E-state index contributed by atoms with van der Waals surface area (Å²) in [6, 6.07) is 5.84. The number of imidazole rings is 1. The molecule has 0 amide bonds. The zero-order valence-electron chi connectivity index (χ0n) is 10.7. The smallest absolute Gasteiger partial charge is 0.107 e. The van der Waals surface area contributed by atoms with Crippen LogP contribution in [0.25, 0.3) is 10.9 Å². The molecule has 20 heavy (non-hydrogen) atoms. The van der Waals surface area contributed by atoms with E-state index in [9.17, 15) is 0 Å². The lowest BCUT2D eigenvalue weighted by molar-refractivity contribution is 0.928. The minimum Gasteiger partial charge on any atom is -0.398 e. The van der Waals surface area contributed by atoms with Crippen LogP contribution in [0.1, 0.15) is 5.82 Å². The standard InChI is InChI=1S/C14H14BrN5/c15-9-7-10-11(16)1-2-12(14(10)20-8-9)17-4-3-13-18-5-6-19-13/h1-2,5-8,17H,3-4,16H2,(H,18,19). The second-order valence-corrected chi connectivity index (χ2v) is 5.38. The van der Waals surface area contributed by atoms with Crippen LogP contribution in [0.5, 0.6) is 0 Å². The second kappa shape index (κ2) is 5.50. The van der Waals surface area contributed by atoms with Crippen LogP contribution in [-0.4, -0.2) is 21.5 Å². The van der Waals surface area contributed by atoms with Crippen LogP contribution in [0, 0.1) is 0 Å². The number of hydrogen-bond acceptors (Lipinski definition) is 4. The van der Waals surface area contributed by atoms with E-state index >= 15 is 0 Å². The number of hydrogen-bond donors (Lipinski definition) is 3. The van der Waals surface area contributed by atoms with Crippen LogP contribution in [0.3, 0.4) is 0 Å². The maximum absolute atomic E-state index is 6.00. The van der Waals surface area contributed by atoms with Crippen LogP contribution < -0.4 is 11.1 Å². The number of nitrogens with two attached hydrogens (primary N) is 1. The van der Waals surface area contributed by atoms with Gasteiger partial charge in [-0.25, -0.2) is 4.98 Å². The van der Waals surface area contributed by atoms with Crippen LogP contribution in [0.2, 0.25) is 0 Å². The summed E-state index contributed by atoms with van der Waals surface area (Å²) in [5, 5.41) is 4.33. The predicted octanol–water partition coefficient (Wildman–Crippen LogP) is 2.96. The Morgan fingerprint density at radius 2 is 2.20 bits per heavy atom. The van der Waals surface area contributed by atoms with E-state index in [1.54, 1.807) is 12.4 Å². The molecule has 4 N–H and O–H groups in total. The summed E-state index contributed by atoms with van der Waals surface area (Å²) in [5.74, 6) is 0.966. The van der Waals surface area contributed by atoms with Gasteiger partial charge in [0.05, 0.1) is 11.2 Å². The number of rotatable bonds is 4. The number of fused-ring (bicyclic) bond motifs is 1. The first-order valence-corrected chi connectivity index (χ1v) is 7.09. The third-order valence-corrected chi connectivity index (χ3v) is 3.52. The number of benzene rings is 1. The van der Waals surface area contributed by atoms with Gasteiger partial charge in [-0.1, -0.05) is 0 Å². The predicted molar refractivity (Wildman–Crippen MR) is 84.6 cm³/mol. The molecule has 102 valence electrons. The first-order chi connectivity index (χ1) is 9.74. The Balaban J connectivity index is 1.82. The molecule has 0 spiro atoms. The number of nitrogens with one attached hydrogen (secondary N) is 2. The van der Waals surface area contributed by atoms with Crippen molar-refractivity contribution in [2.75, 3.05) is 17.6 Å². The molecule has 0 radical (unpaired) electrons. The summed E-state index contributed by atoms with van der Waals surface area (Å²) in [7, 11) is 0. The third-order valence-electron chi connectivity index (χ3n) is 3.08. The minimum absolute atomic E-state index is 0.727. The number of aromatic amines is 1. The van der Waals surface area contributed by atoms with Crippen molar-refractivity contribution in [2.24, 2.45) is 0 Å². The molecule has 0 aliphatic heterocycles. The summed E-state index contributed by atoms with van der Waals surface area (Å²) in [4.78, 5) is 11.7. The molecule has 0 aliphatic carbocycles. The number of aromatic nitrogens is 3. The molecule has 0 aliphatic rings. The van der Waals surface area contributed by atoms with E-state index in [1.165, 1.54) is 0 Å². The Kier molecular flexibility index (Phi) is 3.56. The molecule has 3 aromatic rings. The first kappa shape index (κ1) is 12.9. The molecule has 3 rings (SSSR count). The van der Waals surface area contributed by atoms with Crippen molar-refractivity contribution < 1.29 is 0 Å². The molecule has 0 bridgehead atoms. The third kappa shape index (κ3) is 2.60. The van der Waals surface area contributed by atoms with Gasteiger partial charge in [0.2, 0.25) is 0 Å². The van der Waals surface area contributed by atoms with E-state index in [1.807, 2.05) is 24.4 Å². The summed E-state index contributed by atoms with van der Waals surface area (Å²) >= 11 is 3.42. The number of H-pyrrole nitrogens is 1. The highest BCUT2D eigenvalue weighted by molar-refractivity contribution is 9.10. The monoisotopic (exact) mass is 331 g/mol. The highest BCUT2D eigenvalue weighted by atomic mass is 79.9. The van der Waals surface area contributed by atoms with Crippen LogP contribution >= 0.6 is 15.9 Å². The van der Waals surface area contributed by atoms with Crippen molar-refractivity contribution >= 4 is 38.2 Å². The lowest BCUT2D eigenvalue weighted by Crippen LogP contribution is -2.07. The Hall–Kier alpha value is -2.08. The molecule has 1 aromatic carbocycles. The van der Waals surface area contributed by atoms with E-state index in [0.29, 0.717) is 0 Å². The van der Waals surface area contributed by atoms with E-state index in [4.69, 9.17) is 5.73 Å². The second-order valence-electron chi connectivity index (χ2n) is 4.46. The number of anilines is 2. The van der Waals surface area contributed by atoms with Crippen molar-refractivity contribution in [1.29, 1.82) is 0 Å². The summed E-state index contributed by atoms with van der Waals surface area (Å²) in [5.41, 5.74) is 8.59. The Morgan fingerprint density at radius 1 is 1.30 bits per heavy atom. The van der Waals surface area contributed by atoms with Gasteiger partial charge in [-0.2, -0.15) is 0 Å². The van der Waals surface area contributed by atoms with Gasteiger partial charge in [-0.05, 0) is 34.1 Å². The summed E-state index contributed by atoms with van der Waals surface area (Å²) in [6.45, 7) is 0.782. The van der Waals surface area contributed by atoms with Gasteiger partial charge in [0.1, 0.15) is 5.82 Å². The van der Waals surface area contributed by atoms with E-state index in [0.717, 1.165) is 45.5 Å². The fourth-order valence-corrected chi connectivity index (χ4v) is 2.44. The maximum Gasteiger partial charge on any atom is 0.107 e. The highest BCUT2D eigenvalue weighted by Crippen LogP contribution is 2.28. The van der Waals surface area contributed by atoms with Crippen molar-refractivity contribution in [3.63, 3.8) is 0 Å². The highest BCUT2D eigenvalue weighted by Gasteiger charge is 2.06. The van der Waals surface area contributed by atoms with E-state index in [2.05, 4.69) is 36.2 Å². The molecule has 0 saturated heterocycles. The molecule has 2 heterocycles. The topological polar surface area (TPSA) is 79.6 Å². The average molecular weight is 332 g/mol. The Labute approximate surface area is 124 Å². The fourth-order valence-electron chi connectivity index (χ4n) is 2.11. The molecular weight excluding hydrogens is 318 g/mol. The molecule has 5 nitrogen and oxygen atoms in total. The fraction of sp³-hybridized carbons (Fsp3) is 0.143. The quantitative estimate of drug-likeness (QED) is 0.642. The molecule has 0 saturated carbocycles. The number of nitrogen functional groups attached to an aromatic ring is 1. The van der Waals surface area contributed by atoms with E-state index < -0.39 is 0 Å². The lowest BCUT2D eigenvalue weighted by Gasteiger charge is -2.10. The number of halogens is 1. The molecule has 2 aromatic heterocycles. The zero-order valence-corrected chi connectivity index (χ0v) is 12.3. The van der Waals surface area contributed by atoms with Crippen LogP contribution in [0.4, 0.5) is 11.4 Å². The van der Waals surface area contributed by atoms with Crippen LogP contribution in [-0.2, 0) is 6.42 Å². The summed E-state index contributed by atoms with van der Waals surface area (Å²) < 4.78 is 0.921. The van der Waals surface area contributed by atoms with Crippen LogP contribution in [0.15, 0.2) is 41.3 Å². The normalized spacial score (nSPS) is 10.8. The largest absolute Gasteiger partial charge is 0.398 e. The van der Waals surface area contributed by atoms with Gasteiger partial charge in [0.25, 0.3) is 0 Å². The van der Waals surface area contributed by atoms with Gasteiger partial charge in [0.15, 0.2) is 0 Å². The SMILES string of the molecule is Nc1ccc(NCCc2ncc[nH]2)c2ncc(Br)cc12. The summed E-state index contributed by atoms with van der Waals surface area (Å²) in [6.07, 6.45) is 6.19. The Morgan fingerprint density at radius 3 is 3.00 bits per heavy atom. The zero-order chi connectivity index (χ0) is 13.9. The van der Waals surface area contributed by atoms with Crippen molar-refractivity contribution in [1.82, 2.24) is 15.0 Å². The molecule has 0 unspecified atom stereocenters. The van der Waals surface area contributed by atoms with Gasteiger partial charge >= 0.3 is 0 Å². The van der Waals surface area contributed by atoms with Crippen molar-refractivity contribution in [3.8, 4) is 0 Å². The molecule has 0 fully saturated rings. The lowest BCUT2D eigenvalue weighted by atomic mass is 10.1. The number of pyridine rings is 1. The first-order valence-electron chi connectivity index (χ1n) is 6.30. The van der Waals surface area contributed by atoms with Gasteiger partial charge < -0.3 is 16.0 Å². The number of nitrogens with zero attached hydrogens (tertiary/aromatic N) is 2. The van der Waals surface area contributed by atoms with E-state index in [-0.39, 0.29) is 0 Å². The van der Waals surface area contributed by atoms with Crippen molar-refractivity contribution in [2.45, 2.75) is 6.42 Å². The maximum atomic E-state index is 6.00. The molecule has 0 atom stereocenters. The molecule has 6 heteroatoms. The molecular formula is C14H14BrN5. The van der Waals surface area contributed by atoms with Gasteiger partial charge in [0, 0.05) is 47.1 Å². The average Bonchev–Trinajstić information content (AvgIpc) is 2.95.